The summed E-state index contributed by atoms with van der Waals surface area (Å²) in [6, 6.07) is 14.8. The first kappa shape index (κ1) is 17.9. The number of aromatic nitrogens is 1. The van der Waals surface area contributed by atoms with Gasteiger partial charge in [-0.3, -0.25) is 4.79 Å². The van der Waals surface area contributed by atoms with Crippen LogP contribution in [-0.4, -0.2) is 38.4 Å². The lowest BCUT2D eigenvalue weighted by molar-refractivity contribution is 0.0950. The summed E-state index contributed by atoms with van der Waals surface area (Å²) in [5.41, 5.74) is 3.12. The lowest BCUT2D eigenvalue weighted by Crippen LogP contribution is -2.23. The molecule has 7 nitrogen and oxygen atoms in total. The average molecular weight is 379 g/mol. The first-order valence-electron chi connectivity index (χ1n) is 9.01. The minimum Gasteiger partial charge on any atom is -0.486 e. The smallest absolute Gasteiger partial charge is 0.251 e. The van der Waals surface area contributed by atoms with Gasteiger partial charge in [-0.2, -0.15) is 0 Å². The fourth-order valence-electron chi connectivity index (χ4n) is 2.91. The topological polar surface area (TPSA) is 76.8 Å². The molecule has 0 saturated carbocycles. The number of benzene rings is 2. The molecule has 0 unspecified atom stereocenters. The Morgan fingerprint density at radius 1 is 1.04 bits per heavy atom. The Morgan fingerprint density at radius 2 is 1.79 bits per heavy atom. The molecule has 2 heterocycles. The molecule has 0 bridgehead atoms. The van der Waals surface area contributed by atoms with Crippen LogP contribution in [0.15, 0.2) is 53.1 Å². The molecule has 1 aliphatic rings. The number of hydrogen-bond donors (Lipinski definition) is 1. The Bertz CT molecular complexity index is 980. The van der Waals surface area contributed by atoms with Crippen molar-refractivity contribution in [1.82, 2.24) is 10.5 Å². The summed E-state index contributed by atoms with van der Waals surface area (Å²) in [6.07, 6.45) is 0. The van der Waals surface area contributed by atoms with Gasteiger partial charge in [-0.15, -0.1) is 0 Å². The molecule has 0 fully saturated rings. The summed E-state index contributed by atoms with van der Waals surface area (Å²) >= 11 is 0. The van der Waals surface area contributed by atoms with Crippen LogP contribution in [0.1, 0.15) is 16.1 Å². The van der Waals surface area contributed by atoms with Gasteiger partial charge in [0.1, 0.15) is 18.9 Å². The molecule has 1 amide bonds. The maximum absolute atomic E-state index is 12.3. The van der Waals surface area contributed by atoms with E-state index in [0.717, 1.165) is 17.0 Å². The SMILES string of the molecule is CN(C)c1ccc(C(=O)NCc2cc(-c3ccc4c(c3)OCCO4)on2)cc1. The molecule has 2 aromatic carbocycles. The monoisotopic (exact) mass is 379 g/mol. The minimum atomic E-state index is -0.158. The van der Waals surface area contributed by atoms with Gasteiger partial charge in [-0.25, -0.2) is 0 Å². The number of rotatable bonds is 5. The largest absolute Gasteiger partial charge is 0.486 e. The standard InChI is InChI=1S/C21H21N3O4/c1-24(2)17-6-3-14(4-7-17)21(25)22-13-16-12-19(28-23-16)15-5-8-18-20(11-15)27-10-9-26-18/h3-8,11-12H,9-10,13H2,1-2H3,(H,22,25). The molecule has 0 radical (unpaired) electrons. The highest BCUT2D eigenvalue weighted by atomic mass is 16.6. The Morgan fingerprint density at radius 3 is 2.54 bits per heavy atom. The first-order chi connectivity index (χ1) is 13.6. The second-order valence-electron chi connectivity index (χ2n) is 6.66. The van der Waals surface area contributed by atoms with Gasteiger partial charge >= 0.3 is 0 Å². The highest BCUT2D eigenvalue weighted by molar-refractivity contribution is 5.94. The normalized spacial score (nSPS) is 12.5. The Kier molecular flexibility index (Phi) is 4.89. The van der Waals surface area contributed by atoms with E-state index in [4.69, 9.17) is 14.0 Å². The van der Waals surface area contributed by atoms with Crippen LogP contribution < -0.4 is 19.7 Å². The molecule has 0 spiro atoms. The molecule has 1 N–H and O–H groups in total. The summed E-state index contributed by atoms with van der Waals surface area (Å²) in [4.78, 5) is 14.3. The van der Waals surface area contributed by atoms with E-state index in [-0.39, 0.29) is 12.5 Å². The van der Waals surface area contributed by atoms with Gasteiger partial charge in [0, 0.05) is 37.0 Å². The van der Waals surface area contributed by atoms with Crippen LogP contribution in [0.25, 0.3) is 11.3 Å². The molecule has 144 valence electrons. The molecule has 0 atom stereocenters. The number of ether oxygens (including phenoxy) is 2. The van der Waals surface area contributed by atoms with Gasteiger partial charge in [0.15, 0.2) is 17.3 Å². The highest BCUT2D eigenvalue weighted by Crippen LogP contribution is 2.34. The van der Waals surface area contributed by atoms with Gasteiger partial charge in [0.25, 0.3) is 5.91 Å². The summed E-state index contributed by atoms with van der Waals surface area (Å²) < 4.78 is 16.5. The van der Waals surface area contributed by atoms with Crippen LogP contribution in [0, 0.1) is 0 Å². The van der Waals surface area contributed by atoms with Crippen molar-refractivity contribution < 1.29 is 18.8 Å². The Balaban J connectivity index is 1.40. The van der Waals surface area contributed by atoms with Crippen molar-refractivity contribution >= 4 is 11.6 Å². The predicted octanol–water partition coefficient (Wildman–Crippen LogP) is 3.11. The zero-order valence-corrected chi connectivity index (χ0v) is 15.8. The zero-order valence-electron chi connectivity index (χ0n) is 15.8. The molecule has 1 aromatic heterocycles. The second-order valence-corrected chi connectivity index (χ2v) is 6.66. The number of fused-ring (bicyclic) bond motifs is 1. The van der Waals surface area contributed by atoms with Crippen LogP contribution in [-0.2, 0) is 6.54 Å². The van der Waals surface area contributed by atoms with Crippen molar-refractivity contribution in [1.29, 1.82) is 0 Å². The van der Waals surface area contributed by atoms with E-state index < -0.39 is 0 Å². The van der Waals surface area contributed by atoms with E-state index in [2.05, 4.69) is 10.5 Å². The third kappa shape index (κ3) is 3.78. The van der Waals surface area contributed by atoms with Crippen molar-refractivity contribution in [3.63, 3.8) is 0 Å². The highest BCUT2D eigenvalue weighted by Gasteiger charge is 2.15. The summed E-state index contributed by atoms with van der Waals surface area (Å²) in [6.45, 7) is 1.36. The van der Waals surface area contributed by atoms with E-state index in [1.807, 2.05) is 49.3 Å². The van der Waals surface area contributed by atoms with Gasteiger partial charge in [-0.1, -0.05) is 5.16 Å². The first-order valence-corrected chi connectivity index (χ1v) is 9.01. The predicted molar refractivity (Wildman–Crippen MR) is 105 cm³/mol. The minimum absolute atomic E-state index is 0.158. The lowest BCUT2D eigenvalue weighted by atomic mass is 10.1. The maximum atomic E-state index is 12.3. The van der Waals surface area contributed by atoms with E-state index in [1.54, 1.807) is 18.2 Å². The maximum Gasteiger partial charge on any atom is 0.251 e. The third-order valence-corrected chi connectivity index (χ3v) is 4.46. The molecule has 0 saturated heterocycles. The lowest BCUT2D eigenvalue weighted by Gasteiger charge is -2.18. The Hall–Kier alpha value is -3.48. The number of carbonyl (C=O) groups is 1. The number of nitrogens with one attached hydrogen (secondary N) is 1. The van der Waals surface area contributed by atoms with Crippen molar-refractivity contribution in [3.8, 4) is 22.8 Å². The molecule has 28 heavy (non-hydrogen) atoms. The van der Waals surface area contributed by atoms with Crippen molar-refractivity contribution in [3.05, 3.63) is 59.8 Å². The van der Waals surface area contributed by atoms with Gasteiger partial charge in [0.05, 0.1) is 6.54 Å². The van der Waals surface area contributed by atoms with Crippen LogP contribution in [0.4, 0.5) is 5.69 Å². The zero-order chi connectivity index (χ0) is 19.5. The summed E-state index contributed by atoms with van der Waals surface area (Å²) in [7, 11) is 3.91. The van der Waals surface area contributed by atoms with E-state index >= 15 is 0 Å². The van der Waals surface area contributed by atoms with Crippen molar-refractivity contribution in [2.24, 2.45) is 0 Å². The molecular formula is C21H21N3O4. The summed E-state index contributed by atoms with van der Waals surface area (Å²) in [5, 5.41) is 6.90. The summed E-state index contributed by atoms with van der Waals surface area (Å²) in [5.74, 6) is 1.87. The number of nitrogens with zero attached hydrogens (tertiary/aromatic N) is 2. The van der Waals surface area contributed by atoms with Crippen LogP contribution >= 0.6 is 0 Å². The quantitative estimate of drug-likeness (QED) is 0.734. The fraction of sp³-hybridized carbons (Fsp3) is 0.238. The van der Waals surface area contributed by atoms with Crippen molar-refractivity contribution in [2.75, 3.05) is 32.2 Å². The molecule has 7 heteroatoms. The number of anilines is 1. The van der Waals surface area contributed by atoms with Crippen molar-refractivity contribution in [2.45, 2.75) is 6.54 Å². The molecular weight excluding hydrogens is 358 g/mol. The number of hydrogen-bond acceptors (Lipinski definition) is 6. The van der Waals surface area contributed by atoms with Crippen LogP contribution in [0.3, 0.4) is 0 Å². The average Bonchev–Trinajstić information content (AvgIpc) is 3.21. The van der Waals surface area contributed by atoms with Gasteiger partial charge in [0.2, 0.25) is 0 Å². The molecule has 0 aliphatic carbocycles. The molecule has 4 rings (SSSR count). The fourth-order valence-corrected chi connectivity index (χ4v) is 2.91. The van der Waals surface area contributed by atoms with Crippen LogP contribution in [0.5, 0.6) is 11.5 Å². The Labute approximate surface area is 162 Å². The third-order valence-electron chi connectivity index (χ3n) is 4.46. The molecule has 1 aliphatic heterocycles. The number of amides is 1. The van der Waals surface area contributed by atoms with E-state index in [0.29, 0.717) is 36.0 Å². The second kappa shape index (κ2) is 7.64. The van der Waals surface area contributed by atoms with E-state index in [9.17, 15) is 4.79 Å². The van der Waals surface area contributed by atoms with E-state index in [1.165, 1.54) is 0 Å². The number of carbonyl (C=O) groups excluding carboxylic acids is 1. The van der Waals surface area contributed by atoms with Gasteiger partial charge in [-0.05, 0) is 42.5 Å². The van der Waals surface area contributed by atoms with Gasteiger partial charge < -0.3 is 24.2 Å². The molecule has 3 aromatic rings. The van der Waals surface area contributed by atoms with Crippen LogP contribution in [0.2, 0.25) is 0 Å².